The van der Waals surface area contributed by atoms with E-state index in [9.17, 15) is 4.79 Å². The number of aliphatic hydroxyl groups is 1. The van der Waals surface area contributed by atoms with Crippen LogP contribution in [0.5, 0.6) is 0 Å². The number of nitrogens with zero attached hydrogens (tertiary/aromatic N) is 1. The Morgan fingerprint density at radius 1 is 1.67 bits per heavy atom. The molecule has 0 bridgehead atoms. The van der Waals surface area contributed by atoms with E-state index in [0.717, 1.165) is 6.54 Å². The Labute approximate surface area is 73.1 Å². The van der Waals surface area contributed by atoms with Crippen LogP contribution in [0, 0.1) is 0 Å². The van der Waals surface area contributed by atoms with E-state index in [-0.39, 0.29) is 12.5 Å². The number of esters is 1. The second kappa shape index (κ2) is 5.97. The molecular weight excluding hydrogens is 158 g/mol. The van der Waals surface area contributed by atoms with Gasteiger partial charge in [0.2, 0.25) is 0 Å². The van der Waals surface area contributed by atoms with Crippen LogP contribution in [0.2, 0.25) is 0 Å². The lowest BCUT2D eigenvalue weighted by molar-refractivity contribution is -0.142. The molecule has 0 saturated carbocycles. The van der Waals surface area contributed by atoms with E-state index in [0.29, 0.717) is 6.54 Å². The van der Waals surface area contributed by atoms with Gasteiger partial charge < -0.3 is 9.84 Å². The first-order chi connectivity index (χ1) is 5.60. The lowest BCUT2D eigenvalue weighted by atomic mass is 10.3. The summed E-state index contributed by atoms with van der Waals surface area (Å²) in [7, 11) is 1.36. The smallest absolute Gasteiger partial charge is 0.319 e. The fourth-order valence-corrected chi connectivity index (χ4v) is 0.926. The first-order valence-corrected chi connectivity index (χ1v) is 4.07. The summed E-state index contributed by atoms with van der Waals surface area (Å²) in [4.78, 5) is 12.6. The number of carbonyl (C=O) groups is 1. The molecule has 0 aromatic heterocycles. The highest BCUT2D eigenvalue weighted by atomic mass is 16.5. The molecule has 0 spiro atoms. The summed E-state index contributed by atoms with van der Waals surface area (Å²) < 4.78 is 4.50. The van der Waals surface area contributed by atoms with Crippen LogP contribution >= 0.6 is 0 Å². The van der Waals surface area contributed by atoms with Gasteiger partial charge in [-0.25, -0.2) is 0 Å². The SMILES string of the molecule is CCN(CC(=O)OC)CC(C)O. The maximum atomic E-state index is 10.8. The minimum atomic E-state index is -0.408. The van der Waals surface area contributed by atoms with Gasteiger partial charge in [-0.05, 0) is 13.5 Å². The van der Waals surface area contributed by atoms with E-state index in [1.54, 1.807) is 6.92 Å². The molecular formula is C8H17NO3. The number of rotatable bonds is 5. The Balaban J connectivity index is 3.74. The first-order valence-electron chi connectivity index (χ1n) is 4.07. The van der Waals surface area contributed by atoms with E-state index >= 15 is 0 Å². The predicted octanol–water partition coefficient (Wildman–Crippen LogP) is -0.138. The second-order valence-corrected chi connectivity index (χ2v) is 2.75. The van der Waals surface area contributed by atoms with Gasteiger partial charge in [-0.2, -0.15) is 0 Å². The number of methoxy groups -OCH3 is 1. The van der Waals surface area contributed by atoms with Gasteiger partial charge in [0.15, 0.2) is 0 Å². The Kier molecular flexibility index (Phi) is 5.66. The van der Waals surface area contributed by atoms with Crippen molar-refractivity contribution in [3.8, 4) is 0 Å². The molecule has 0 aliphatic rings. The molecule has 0 radical (unpaired) electrons. The zero-order chi connectivity index (χ0) is 9.56. The molecule has 4 nitrogen and oxygen atoms in total. The van der Waals surface area contributed by atoms with Crippen LogP contribution in [-0.4, -0.2) is 48.8 Å². The van der Waals surface area contributed by atoms with Crippen molar-refractivity contribution in [3.63, 3.8) is 0 Å². The average Bonchev–Trinajstić information content (AvgIpc) is 2.02. The van der Waals surface area contributed by atoms with Gasteiger partial charge in [-0.1, -0.05) is 6.92 Å². The molecule has 0 fully saturated rings. The van der Waals surface area contributed by atoms with Crippen molar-refractivity contribution in [3.05, 3.63) is 0 Å². The molecule has 0 aromatic rings. The van der Waals surface area contributed by atoms with Gasteiger partial charge in [-0.3, -0.25) is 9.69 Å². The minimum absolute atomic E-state index is 0.248. The maximum absolute atomic E-state index is 10.8. The summed E-state index contributed by atoms with van der Waals surface area (Å²) in [6.07, 6.45) is -0.408. The van der Waals surface area contributed by atoms with Crippen molar-refractivity contribution in [1.82, 2.24) is 4.90 Å². The molecule has 0 rings (SSSR count). The average molecular weight is 175 g/mol. The molecule has 72 valence electrons. The van der Waals surface area contributed by atoms with Gasteiger partial charge in [0.1, 0.15) is 0 Å². The first kappa shape index (κ1) is 11.4. The summed E-state index contributed by atoms with van der Waals surface area (Å²) in [6.45, 7) is 5.12. The molecule has 1 N–H and O–H groups in total. The van der Waals surface area contributed by atoms with Gasteiger partial charge >= 0.3 is 5.97 Å². The topological polar surface area (TPSA) is 49.8 Å². The number of carbonyl (C=O) groups excluding carboxylic acids is 1. The van der Waals surface area contributed by atoms with Crippen molar-refractivity contribution in [2.45, 2.75) is 20.0 Å². The Bertz CT molecular complexity index is 136. The second-order valence-electron chi connectivity index (χ2n) is 2.75. The summed E-state index contributed by atoms with van der Waals surface area (Å²) in [5.74, 6) is -0.266. The molecule has 4 heteroatoms. The van der Waals surface area contributed by atoms with Crippen LogP contribution in [0.3, 0.4) is 0 Å². The highest BCUT2D eigenvalue weighted by Gasteiger charge is 2.10. The number of hydrogen-bond acceptors (Lipinski definition) is 4. The number of aliphatic hydroxyl groups excluding tert-OH is 1. The molecule has 1 atom stereocenters. The highest BCUT2D eigenvalue weighted by molar-refractivity contribution is 5.71. The zero-order valence-electron chi connectivity index (χ0n) is 7.91. The van der Waals surface area contributed by atoms with Crippen LogP contribution < -0.4 is 0 Å². The van der Waals surface area contributed by atoms with Gasteiger partial charge in [0.05, 0.1) is 19.8 Å². The van der Waals surface area contributed by atoms with Crippen LogP contribution in [0.1, 0.15) is 13.8 Å². The minimum Gasteiger partial charge on any atom is -0.468 e. The molecule has 0 heterocycles. The molecule has 0 amide bonds. The van der Waals surface area contributed by atoms with Crippen molar-refractivity contribution < 1.29 is 14.6 Å². The summed E-state index contributed by atoms with van der Waals surface area (Å²) in [6, 6.07) is 0. The van der Waals surface area contributed by atoms with Crippen LogP contribution in [0.15, 0.2) is 0 Å². The molecule has 0 saturated heterocycles. The van der Waals surface area contributed by atoms with Crippen molar-refractivity contribution in [2.24, 2.45) is 0 Å². The highest BCUT2D eigenvalue weighted by Crippen LogP contribution is 1.92. The molecule has 0 aliphatic carbocycles. The third-order valence-corrected chi connectivity index (χ3v) is 1.55. The van der Waals surface area contributed by atoms with Gasteiger partial charge in [-0.15, -0.1) is 0 Å². The number of ether oxygens (including phenoxy) is 1. The van der Waals surface area contributed by atoms with E-state index < -0.39 is 6.10 Å². The quantitative estimate of drug-likeness (QED) is 0.591. The van der Waals surface area contributed by atoms with Crippen LogP contribution in [-0.2, 0) is 9.53 Å². The number of hydrogen-bond donors (Lipinski definition) is 1. The number of likely N-dealkylation sites (N-methyl/N-ethyl adjacent to an activating group) is 1. The lowest BCUT2D eigenvalue weighted by Gasteiger charge is -2.19. The largest absolute Gasteiger partial charge is 0.468 e. The Morgan fingerprint density at radius 2 is 2.25 bits per heavy atom. The maximum Gasteiger partial charge on any atom is 0.319 e. The fourth-order valence-electron chi connectivity index (χ4n) is 0.926. The van der Waals surface area contributed by atoms with Gasteiger partial charge in [0.25, 0.3) is 0 Å². The van der Waals surface area contributed by atoms with E-state index in [1.165, 1.54) is 7.11 Å². The lowest BCUT2D eigenvalue weighted by Crippen LogP contribution is -2.35. The molecule has 0 aromatic carbocycles. The van der Waals surface area contributed by atoms with Gasteiger partial charge in [0, 0.05) is 6.54 Å². The molecule has 12 heavy (non-hydrogen) atoms. The van der Waals surface area contributed by atoms with Crippen molar-refractivity contribution in [1.29, 1.82) is 0 Å². The normalized spacial score (nSPS) is 13.1. The van der Waals surface area contributed by atoms with E-state index in [1.807, 2.05) is 11.8 Å². The Morgan fingerprint density at radius 3 is 2.58 bits per heavy atom. The van der Waals surface area contributed by atoms with Crippen molar-refractivity contribution in [2.75, 3.05) is 26.7 Å². The third kappa shape index (κ3) is 5.09. The fraction of sp³-hybridized carbons (Fsp3) is 0.875. The third-order valence-electron chi connectivity index (χ3n) is 1.55. The van der Waals surface area contributed by atoms with Crippen LogP contribution in [0.4, 0.5) is 0 Å². The Hall–Kier alpha value is -0.610. The van der Waals surface area contributed by atoms with Crippen LogP contribution in [0.25, 0.3) is 0 Å². The molecule has 0 aliphatic heterocycles. The monoisotopic (exact) mass is 175 g/mol. The summed E-state index contributed by atoms with van der Waals surface area (Å²) >= 11 is 0. The predicted molar refractivity (Wildman–Crippen MR) is 45.8 cm³/mol. The molecule has 1 unspecified atom stereocenters. The van der Waals surface area contributed by atoms with E-state index in [2.05, 4.69) is 4.74 Å². The standard InChI is InChI=1S/C8H17NO3/c1-4-9(5-7(2)10)6-8(11)12-3/h7,10H,4-6H2,1-3H3. The summed E-state index contributed by atoms with van der Waals surface area (Å²) in [5, 5.41) is 9.05. The van der Waals surface area contributed by atoms with Crippen molar-refractivity contribution >= 4 is 5.97 Å². The summed E-state index contributed by atoms with van der Waals surface area (Å²) in [5.41, 5.74) is 0. The zero-order valence-corrected chi connectivity index (χ0v) is 7.91. The van der Waals surface area contributed by atoms with E-state index in [4.69, 9.17) is 5.11 Å².